The van der Waals surface area contributed by atoms with Gasteiger partial charge in [-0.15, -0.1) is 0 Å². The average molecular weight is 350 g/mol. The molecule has 1 N–H and O–H groups in total. The number of hydrogen-bond donors (Lipinski definition) is 1. The van der Waals surface area contributed by atoms with Gasteiger partial charge in [0.15, 0.2) is 0 Å². The molecule has 1 amide bonds. The van der Waals surface area contributed by atoms with Gasteiger partial charge in [0, 0.05) is 5.92 Å². The van der Waals surface area contributed by atoms with Crippen LogP contribution in [0.2, 0.25) is 0 Å². The van der Waals surface area contributed by atoms with Gasteiger partial charge in [-0.2, -0.15) is 18.3 Å². The normalized spacial score (nSPS) is 19.8. The van der Waals surface area contributed by atoms with Crippen molar-refractivity contribution in [2.24, 2.45) is 11.0 Å². The monoisotopic (exact) mass is 350 g/mol. The van der Waals surface area contributed by atoms with Crippen molar-refractivity contribution in [3.63, 3.8) is 0 Å². The maximum absolute atomic E-state index is 13.7. The smallest absolute Gasteiger partial charge is 0.273 e. The summed E-state index contributed by atoms with van der Waals surface area (Å²) in [4.78, 5) is 12.0. The van der Waals surface area contributed by atoms with Crippen molar-refractivity contribution in [1.29, 1.82) is 0 Å². The molecule has 3 nitrogen and oxygen atoms in total. The van der Waals surface area contributed by atoms with Crippen LogP contribution in [0.3, 0.4) is 0 Å². The molecule has 130 valence electrons. The van der Waals surface area contributed by atoms with Gasteiger partial charge in [0.2, 0.25) is 5.91 Å². The van der Waals surface area contributed by atoms with Gasteiger partial charge < -0.3 is 0 Å². The van der Waals surface area contributed by atoms with Gasteiger partial charge in [0.05, 0.1) is 11.8 Å². The minimum absolute atomic E-state index is 0.164. The Bertz CT molecular complexity index is 799. The van der Waals surface area contributed by atoms with Crippen molar-refractivity contribution >= 4 is 12.1 Å². The summed E-state index contributed by atoms with van der Waals surface area (Å²) in [5, 5.41) is 3.75. The molecule has 1 fully saturated rings. The lowest BCUT2D eigenvalue weighted by Crippen LogP contribution is -2.20. The maximum Gasteiger partial charge on any atom is 0.416 e. The molecular weight excluding hydrogens is 336 g/mol. The zero-order valence-corrected chi connectivity index (χ0v) is 12.9. The Labute approximate surface area is 141 Å². The Hall–Kier alpha value is -2.70. The second-order valence-electron chi connectivity index (χ2n) is 5.82. The van der Waals surface area contributed by atoms with E-state index in [1.807, 2.05) is 0 Å². The molecule has 7 heteroatoms. The molecule has 0 spiro atoms. The number of nitrogens with zero attached hydrogens (tertiary/aromatic N) is 1. The number of hydrazone groups is 1. The van der Waals surface area contributed by atoms with Crippen LogP contribution in [0.4, 0.5) is 17.6 Å². The number of carbonyl (C=O) groups is 1. The second kappa shape index (κ2) is 6.66. The van der Waals surface area contributed by atoms with Crippen molar-refractivity contribution in [3.8, 4) is 0 Å². The number of hydrogen-bond acceptors (Lipinski definition) is 2. The molecule has 0 aliphatic heterocycles. The molecule has 1 saturated carbocycles. The number of rotatable bonds is 4. The largest absolute Gasteiger partial charge is 0.416 e. The third-order valence-corrected chi connectivity index (χ3v) is 4.06. The van der Waals surface area contributed by atoms with E-state index in [0.717, 1.165) is 12.1 Å². The molecule has 0 bridgehead atoms. The van der Waals surface area contributed by atoms with E-state index in [1.165, 1.54) is 24.4 Å². The van der Waals surface area contributed by atoms with Crippen LogP contribution in [0.5, 0.6) is 0 Å². The Balaban J connectivity index is 1.55. The predicted octanol–water partition coefficient (Wildman–Crippen LogP) is 4.10. The van der Waals surface area contributed by atoms with Crippen molar-refractivity contribution in [2.45, 2.75) is 18.5 Å². The number of nitrogens with one attached hydrogen (secondary N) is 1. The molecule has 3 rings (SSSR count). The van der Waals surface area contributed by atoms with Gasteiger partial charge in [-0.25, -0.2) is 9.82 Å². The zero-order chi connectivity index (χ0) is 18.0. The van der Waals surface area contributed by atoms with Gasteiger partial charge in [-0.1, -0.05) is 30.3 Å². The Kier molecular flexibility index (Phi) is 4.57. The summed E-state index contributed by atoms with van der Waals surface area (Å²) < 4.78 is 51.0. The fourth-order valence-electron chi connectivity index (χ4n) is 2.62. The van der Waals surface area contributed by atoms with Gasteiger partial charge in [-0.05, 0) is 41.7 Å². The molecule has 1 aliphatic rings. The van der Waals surface area contributed by atoms with E-state index in [9.17, 15) is 22.4 Å². The molecule has 0 saturated heterocycles. The SMILES string of the molecule is O=C(N/N=C/c1ccc(C(F)(F)F)cc1)C1CC1c1ccccc1F. The summed E-state index contributed by atoms with van der Waals surface area (Å²) in [6.45, 7) is 0. The van der Waals surface area contributed by atoms with Gasteiger partial charge >= 0.3 is 6.18 Å². The quantitative estimate of drug-likeness (QED) is 0.503. The summed E-state index contributed by atoms with van der Waals surface area (Å²) in [5.41, 5.74) is 2.53. The summed E-state index contributed by atoms with van der Waals surface area (Å²) >= 11 is 0. The molecule has 0 radical (unpaired) electrons. The van der Waals surface area contributed by atoms with Crippen LogP contribution in [-0.2, 0) is 11.0 Å². The highest BCUT2D eigenvalue weighted by Gasteiger charge is 2.45. The van der Waals surface area contributed by atoms with E-state index in [4.69, 9.17) is 0 Å². The van der Waals surface area contributed by atoms with Crippen LogP contribution in [0.15, 0.2) is 53.6 Å². The minimum atomic E-state index is -4.39. The highest BCUT2D eigenvalue weighted by molar-refractivity contribution is 5.85. The molecule has 2 atom stereocenters. The molecule has 2 aromatic carbocycles. The molecule has 25 heavy (non-hydrogen) atoms. The lowest BCUT2D eigenvalue weighted by atomic mass is 10.1. The first-order valence-corrected chi connectivity index (χ1v) is 7.61. The fourth-order valence-corrected chi connectivity index (χ4v) is 2.62. The van der Waals surface area contributed by atoms with Crippen LogP contribution in [0.1, 0.15) is 29.0 Å². The minimum Gasteiger partial charge on any atom is -0.273 e. The molecule has 2 unspecified atom stereocenters. The topological polar surface area (TPSA) is 41.5 Å². The Morgan fingerprint density at radius 2 is 1.80 bits per heavy atom. The molecule has 1 aliphatic carbocycles. The van der Waals surface area contributed by atoms with Gasteiger partial charge in [-0.3, -0.25) is 4.79 Å². The van der Waals surface area contributed by atoms with E-state index in [1.54, 1.807) is 18.2 Å². The van der Waals surface area contributed by atoms with Crippen LogP contribution < -0.4 is 5.43 Å². The summed E-state index contributed by atoms with van der Waals surface area (Å²) in [5.74, 6) is -1.18. The van der Waals surface area contributed by atoms with E-state index < -0.39 is 11.7 Å². The number of alkyl halides is 3. The van der Waals surface area contributed by atoms with Gasteiger partial charge in [0.25, 0.3) is 0 Å². The zero-order valence-electron chi connectivity index (χ0n) is 12.9. The average Bonchev–Trinajstić information content (AvgIpc) is 3.35. The predicted molar refractivity (Wildman–Crippen MR) is 84.4 cm³/mol. The summed E-state index contributed by atoms with van der Waals surface area (Å²) in [6, 6.07) is 10.7. The van der Waals surface area contributed by atoms with E-state index >= 15 is 0 Å². The van der Waals surface area contributed by atoms with E-state index in [2.05, 4.69) is 10.5 Å². The molecule has 2 aromatic rings. The van der Waals surface area contributed by atoms with Crippen LogP contribution >= 0.6 is 0 Å². The lowest BCUT2D eigenvalue weighted by molar-refractivity contribution is -0.137. The first kappa shape index (κ1) is 17.1. The number of carbonyl (C=O) groups excluding carboxylic acids is 1. The lowest BCUT2D eigenvalue weighted by Gasteiger charge is -2.05. The first-order valence-electron chi connectivity index (χ1n) is 7.61. The van der Waals surface area contributed by atoms with Crippen molar-refractivity contribution < 1.29 is 22.4 Å². The van der Waals surface area contributed by atoms with Crippen molar-refractivity contribution in [2.75, 3.05) is 0 Å². The number of benzene rings is 2. The van der Waals surface area contributed by atoms with E-state index in [-0.39, 0.29) is 23.6 Å². The van der Waals surface area contributed by atoms with Crippen LogP contribution in [0, 0.1) is 11.7 Å². The summed E-state index contributed by atoms with van der Waals surface area (Å²) in [7, 11) is 0. The Morgan fingerprint density at radius 1 is 1.12 bits per heavy atom. The molecule has 0 aromatic heterocycles. The van der Waals surface area contributed by atoms with Crippen molar-refractivity contribution in [3.05, 3.63) is 71.0 Å². The van der Waals surface area contributed by atoms with Crippen LogP contribution in [0.25, 0.3) is 0 Å². The third kappa shape index (κ3) is 4.04. The second-order valence-corrected chi connectivity index (χ2v) is 5.82. The number of halogens is 4. The highest BCUT2D eigenvalue weighted by Crippen LogP contribution is 2.48. The molecular formula is C18H14F4N2O. The highest BCUT2D eigenvalue weighted by atomic mass is 19.4. The molecule has 0 heterocycles. The summed E-state index contributed by atoms with van der Waals surface area (Å²) in [6.07, 6.45) is -2.58. The van der Waals surface area contributed by atoms with Crippen LogP contribution in [-0.4, -0.2) is 12.1 Å². The van der Waals surface area contributed by atoms with E-state index in [0.29, 0.717) is 17.5 Å². The Morgan fingerprint density at radius 3 is 2.44 bits per heavy atom. The maximum atomic E-state index is 13.7. The van der Waals surface area contributed by atoms with Gasteiger partial charge in [0.1, 0.15) is 5.82 Å². The number of amides is 1. The third-order valence-electron chi connectivity index (χ3n) is 4.06. The van der Waals surface area contributed by atoms with Crippen molar-refractivity contribution in [1.82, 2.24) is 5.43 Å². The standard InChI is InChI=1S/C18H14F4N2O/c19-16-4-2-1-3-13(16)14-9-15(14)17(25)24-23-10-11-5-7-12(8-6-11)18(20,21)22/h1-8,10,14-15H,9H2,(H,24,25)/b23-10+. The fraction of sp³-hybridized carbons (Fsp3) is 0.222. The first-order chi connectivity index (χ1) is 11.9.